The molecule has 0 amide bonds. The van der Waals surface area contributed by atoms with Crippen LogP contribution in [0.15, 0.2) is 54.9 Å². The van der Waals surface area contributed by atoms with E-state index in [1.807, 2.05) is 25.2 Å². The van der Waals surface area contributed by atoms with Gasteiger partial charge >= 0.3 is 0 Å². The van der Waals surface area contributed by atoms with Crippen LogP contribution in [0, 0.1) is 0 Å². The lowest BCUT2D eigenvalue weighted by Gasteiger charge is -2.22. The smallest absolute Gasteiger partial charge is 0.169 e. The number of nitrogens with zero attached hydrogens (tertiary/aromatic N) is 2. The van der Waals surface area contributed by atoms with Crippen LogP contribution in [-0.2, 0) is 6.54 Å². The molecule has 0 unspecified atom stereocenters. The van der Waals surface area contributed by atoms with E-state index in [1.165, 1.54) is 0 Å². The Kier molecular flexibility index (Phi) is 8.12. The van der Waals surface area contributed by atoms with Gasteiger partial charge in [0.05, 0.1) is 6.61 Å². The summed E-state index contributed by atoms with van der Waals surface area (Å²) in [6, 6.07) is 14.5. The lowest BCUT2D eigenvalue weighted by Crippen LogP contribution is -3.00. The highest BCUT2D eigenvalue weighted by Gasteiger charge is 2.09. The zero-order chi connectivity index (χ0) is 15.1. The zero-order valence-corrected chi connectivity index (χ0v) is 15.3. The van der Waals surface area contributed by atoms with Crippen molar-refractivity contribution >= 4 is 11.8 Å². The molecule has 0 radical (unpaired) electrons. The number of aromatic nitrogens is 1. The molecule has 0 aliphatic carbocycles. The molecule has 0 spiro atoms. The maximum absolute atomic E-state index is 9.21. The summed E-state index contributed by atoms with van der Waals surface area (Å²) >= 11 is 0. The van der Waals surface area contributed by atoms with Gasteiger partial charge in [-0.15, -0.1) is 0 Å². The van der Waals surface area contributed by atoms with Gasteiger partial charge in [0, 0.05) is 37.0 Å². The summed E-state index contributed by atoms with van der Waals surface area (Å²) in [6.45, 7) is 3.84. The molecule has 0 fully saturated rings. The number of hydrogen-bond acceptors (Lipinski definition) is 2. The maximum Gasteiger partial charge on any atom is 0.169 e. The first-order valence-electron chi connectivity index (χ1n) is 7.33. The van der Waals surface area contributed by atoms with E-state index in [9.17, 15) is 5.11 Å². The molecule has 4 heteroatoms. The van der Waals surface area contributed by atoms with Crippen molar-refractivity contribution in [1.29, 1.82) is 0 Å². The highest BCUT2D eigenvalue weighted by Crippen LogP contribution is 2.20. The van der Waals surface area contributed by atoms with Crippen LogP contribution in [0.25, 0.3) is 11.8 Å². The number of aliphatic hydroxyl groups excluding tert-OH is 1. The first-order chi connectivity index (χ1) is 10.2. The molecular weight excluding hydrogens is 387 g/mol. The molecular formula is C18H23IN2O. The first kappa shape index (κ1) is 18.6. The molecule has 1 heterocycles. The third-order valence-electron chi connectivity index (χ3n) is 3.50. The second-order valence-electron chi connectivity index (χ2n) is 5.00. The van der Waals surface area contributed by atoms with Crippen LogP contribution in [0.1, 0.15) is 18.1 Å². The van der Waals surface area contributed by atoms with Crippen LogP contribution in [-0.4, -0.2) is 30.2 Å². The monoisotopic (exact) mass is 410 g/mol. The van der Waals surface area contributed by atoms with Crippen molar-refractivity contribution in [3.8, 4) is 0 Å². The summed E-state index contributed by atoms with van der Waals surface area (Å²) in [6.07, 6.45) is 6.32. The molecule has 22 heavy (non-hydrogen) atoms. The largest absolute Gasteiger partial charge is 1.00 e. The Bertz CT molecular complexity index is 582. The van der Waals surface area contributed by atoms with Crippen LogP contribution in [0.5, 0.6) is 0 Å². The number of hydrogen-bond donors (Lipinski definition) is 1. The van der Waals surface area contributed by atoms with Crippen molar-refractivity contribution in [1.82, 2.24) is 4.90 Å². The van der Waals surface area contributed by atoms with Gasteiger partial charge in [0.15, 0.2) is 12.4 Å². The summed E-state index contributed by atoms with van der Waals surface area (Å²) < 4.78 is 2.13. The van der Waals surface area contributed by atoms with Gasteiger partial charge in [0.1, 0.15) is 6.54 Å². The third-order valence-corrected chi connectivity index (χ3v) is 3.50. The number of aryl methyl sites for hydroxylation is 1. The van der Waals surface area contributed by atoms with Gasteiger partial charge in [0.25, 0.3) is 0 Å². The van der Waals surface area contributed by atoms with E-state index in [0.717, 1.165) is 23.4 Å². The summed E-state index contributed by atoms with van der Waals surface area (Å²) in [4.78, 5) is 2.08. The second-order valence-corrected chi connectivity index (χ2v) is 5.00. The fourth-order valence-electron chi connectivity index (χ4n) is 2.23. The Morgan fingerprint density at radius 3 is 2.32 bits per heavy atom. The minimum Gasteiger partial charge on any atom is -1.00 e. The maximum atomic E-state index is 9.21. The molecule has 0 saturated heterocycles. The molecule has 1 aromatic carbocycles. The van der Waals surface area contributed by atoms with Crippen molar-refractivity contribution in [2.75, 3.05) is 20.2 Å². The molecule has 0 aliphatic rings. The summed E-state index contributed by atoms with van der Waals surface area (Å²) in [5, 5.41) is 9.21. The van der Waals surface area contributed by atoms with Gasteiger partial charge in [-0.3, -0.25) is 0 Å². The molecule has 0 atom stereocenters. The van der Waals surface area contributed by atoms with Gasteiger partial charge in [-0.25, -0.2) is 4.57 Å². The van der Waals surface area contributed by atoms with Gasteiger partial charge in [-0.1, -0.05) is 30.3 Å². The van der Waals surface area contributed by atoms with E-state index in [4.69, 9.17) is 0 Å². The second kappa shape index (κ2) is 9.58. The van der Waals surface area contributed by atoms with E-state index in [-0.39, 0.29) is 30.6 Å². The number of halogens is 1. The molecule has 3 nitrogen and oxygen atoms in total. The molecule has 0 saturated carbocycles. The van der Waals surface area contributed by atoms with Gasteiger partial charge in [-0.05, 0) is 18.6 Å². The third kappa shape index (κ3) is 5.10. The standard InChI is InChI=1S/C18H23N2O.HI/c1-3-20-11-9-17(10-12-20)18(19(2)13-14-21)15-16-7-5-4-6-8-16;/h4-12,15,21H,3,13-14H2,1-2H3;1H/q+1;/p-1. The van der Waals surface area contributed by atoms with Crippen LogP contribution < -0.4 is 28.5 Å². The van der Waals surface area contributed by atoms with Crippen LogP contribution in [0.2, 0.25) is 0 Å². The number of benzene rings is 1. The Morgan fingerprint density at radius 2 is 1.77 bits per heavy atom. The molecule has 0 aliphatic heterocycles. The lowest BCUT2D eigenvalue weighted by molar-refractivity contribution is -0.693. The SMILES string of the molecule is CC[n+]1ccc(C(=Cc2ccccc2)N(C)CCO)cc1.[I-]. The van der Waals surface area contributed by atoms with E-state index in [0.29, 0.717) is 6.54 Å². The van der Waals surface area contributed by atoms with E-state index >= 15 is 0 Å². The minimum absolute atomic E-state index is 0. The van der Waals surface area contributed by atoms with Gasteiger partial charge in [-0.2, -0.15) is 0 Å². The van der Waals surface area contributed by atoms with Crippen LogP contribution >= 0.6 is 0 Å². The Morgan fingerprint density at radius 1 is 1.14 bits per heavy atom. The van der Waals surface area contributed by atoms with Crippen molar-refractivity contribution in [2.24, 2.45) is 0 Å². The van der Waals surface area contributed by atoms with E-state index in [1.54, 1.807) is 0 Å². The molecule has 0 bridgehead atoms. The van der Waals surface area contributed by atoms with E-state index in [2.05, 4.69) is 59.1 Å². The normalized spacial score (nSPS) is 11.0. The minimum atomic E-state index is 0. The molecule has 118 valence electrons. The predicted molar refractivity (Wildman–Crippen MR) is 86.3 cm³/mol. The lowest BCUT2D eigenvalue weighted by atomic mass is 10.1. The Hall–Kier alpha value is -1.40. The quantitative estimate of drug-likeness (QED) is 0.510. The van der Waals surface area contributed by atoms with Crippen molar-refractivity contribution in [3.63, 3.8) is 0 Å². The van der Waals surface area contributed by atoms with E-state index < -0.39 is 0 Å². The summed E-state index contributed by atoms with van der Waals surface area (Å²) in [7, 11) is 2.01. The highest BCUT2D eigenvalue weighted by atomic mass is 127. The van der Waals surface area contributed by atoms with Crippen molar-refractivity contribution in [3.05, 3.63) is 66.0 Å². The first-order valence-corrected chi connectivity index (χ1v) is 7.33. The Balaban J connectivity index is 0.00000242. The average Bonchev–Trinajstić information content (AvgIpc) is 2.54. The number of rotatable bonds is 6. The molecule has 2 rings (SSSR count). The Labute approximate surface area is 149 Å². The highest BCUT2D eigenvalue weighted by molar-refractivity contribution is 5.79. The molecule has 2 aromatic rings. The van der Waals surface area contributed by atoms with Gasteiger partial charge in [0.2, 0.25) is 0 Å². The van der Waals surface area contributed by atoms with Crippen LogP contribution in [0.4, 0.5) is 0 Å². The fraction of sp³-hybridized carbons (Fsp3) is 0.278. The summed E-state index contributed by atoms with van der Waals surface area (Å²) in [5.74, 6) is 0. The molecule has 1 N–H and O–H groups in total. The topological polar surface area (TPSA) is 27.4 Å². The average molecular weight is 410 g/mol. The fourth-order valence-corrected chi connectivity index (χ4v) is 2.23. The van der Waals surface area contributed by atoms with Gasteiger partial charge < -0.3 is 34.0 Å². The number of likely N-dealkylation sites (N-methyl/N-ethyl adjacent to an activating group) is 1. The summed E-state index contributed by atoms with van der Waals surface area (Å²) in [5.41, 5.74) is 3.42. The predicted octanol–water partition coefficient (Wildman–Crippen LogP) is -0.580. The molecule has 1 aromatic heterocycles. The van der Waals surface area contributed by atoms with Crippen LogP contribution in [0.3, 0.4) is 0 Å². The number of aliphatic hydroxyl groups is 1. The zero-order valence-electron chi connectivity index (χ0n) is 13.1. The van der Waals surface area contributed by atoms with Crippen molar-refractivity contribution < 1.29 is 33.7 Å². The van der Waals surface area contributed by atoms with Crippen molar-refractivity contribution in [2.45, 2.75) is 13.5 Å². The number of pyridine rings is 1.